The molecule has 2 saturated carbocycles. The number of hydrazine groups is 2. The summed E-state index contributed by atoms with van der Waals surface area (Å²) < 4.78 is 24.0. The highest BCUT2D eigenvalue weighted by atomic mass is 32.1. The molecule has 0 saturated heterocycles. The number of nitrogens with zero attached hydrogens (tertiary/aromatic N) is 4. The summed E-state index contributed by atoms with van der Waals surface area (Å²) in [5.41, 5.74) is 5.72. The van der Waals surface area contributed by atoms with Crippen molar-refractivity contribution in [1.82, 2.24) is 36.2 Å². The standard InChI is InChI=1S/C14H13F2N5O2S.C12H13N5OS.C2H6/c15-10(16)12(23)21-20-11(22)8-6-17-13(18-7-8)19-14(3-4-14)9-2-1-5-24-9;13-17-10(18)8-6-14-11(15-7-8)16-12(3-4-12)9-2-1-5-19-9;1-2/h1-2,5-7,10H,3-4H2,(H,20,22)(H,21,23)(H,17,18,19);1-2,5-7H,3-4,13H2,(H,17,18)(H,14,15,16);1-2H3. The lowest BCUT2D eigenvalue weighted by atomic mass is 10.2. The molecule has 0 aromatic carbocycles. The summed E-state index contributed by atoms with van der Waals surface area (Å²) in [6.45, 7) is 4.00. The first-order chi connectivity index (χ1) is 21.7. The number of nitrogens with two attached hydrogens (primary N) is 1. The fraction of sp³-hybridized carbons (Fsp3) is 0.321. The second-order valence-electron chi connectivity index (χ2n) is 9.68. The highest BCUT2D eigenvalue weighted by Gasteiger charge is 2.46. The number of carbonyl (C=O) groups excluding carboxylic acids is 3. The van der Waals surface area contributed by atoms with Crippen LogP contribution in [0.3, 0.4) is 0 Å². The molecule has 7 N–H and O–H groups in total. The van der Waals surface area contributed by atoms with Gasteiger partial charge in [0.05, 0.1) is 22.2 Å². The third kappa shape index (κ3) is 8.52. The molecule has 45 heavy (non-hydrogen) atoms. The van der Waals surface area contributed by atoms with Gasteiger partial charge in [0, 0.05) is 34.5 Å². The molecule has 4 heterocycles. The lowest BCUT2D eigenvalue weighted by molar-refractivity contribution is -0.132. The van der Waals surface area contributed by atoms with Crippen molar-refractivity contribution in [3.63, 3.8) is 0 Å². The Kier molecular flexibility index (Phi) is 11.0. The van der Waals surface area contributed by atoms with Gasteiger partial charge >= 0.3 is 12.3 Å². The molecule has 0 atom stereocenters. The minimum atomic E-state index is -3.21. The molecule has 0 unspecified atom stereocenters. The molecule has 13 nitrogen and oxygen atoms in total. The van der Waals surface area contributed by atoms with Crippen molar-refractivity contribution in [1.29, 1.82) is 0 Å². The molecule has 0 bridgehead atoms. The van der Waals surface area contributed by atoms with Crippen LogP contribution in [0.15, 0.2) is 59.8 Å². The Hall–Kier alpha value is -4.61. The van der Waals surface area contributed by atoms with Gasteiger partial charge in [-0.15, -0.1) is 22.7 Å². The van der Waals surface area contributed by atoms with Crippen LogP contribution in [0.25, 0.3) is 0 Å². The molecule has 0 radical (unpaired) electrons. The monoisotopic (exact) mass is 658 g/mol. The van der Waals surface area contributed by atoms with Crippen LogP contribution in [-0.2, 0) is 15.9 Å². The zero-order valence-corrected chi connectivity index (χ0v) is 26.0. The molecule has 2 aliphatic rings. The van der Waals surface area contributed by atoms with Crippen LogP contribution in [0.1, 0.15) is 70.0 Å². The third-order valence-corrected chi connectivity index (χ3v) is 8.79. The van der Waals surface area contributed by atoms with E-state index in [1.54, 1.807) is 28.1 Å². The van der Waals surface area contributed by atoms with Gasteiger partial charge in [-0.1, -0.05) is 26.0 Å². The SMILES string of the molecule is CC.NNC(=O)c1cnc(NC2(c3cccs3)CC2)nc1.O=C(NNC(=O)C(F)F)c1cnc(NC2(c3cccs3)CC2)nc1. The van der Waals surface area contributed by atoms with Gasteiger partial charge in [0.1, 0.15) is 0 Å². The highest BCUT2D eigenvalue weighted by Crippen LogP contribution is 2.50. The Morgan fingerprint density at radius 1 is 0.756 bits per heavy atom. The Labute approximate surface area is 265 Å². The first-order valence-electron chi connectivity index (χ1n) is 13.9. The number of halogens is 2. The summed E-state index contributed by atoms with van der Waals surface area (Å²) in [7, 11) is 0. The smallest absolute Gasteiger partial charge is 0.317 e. The van der Waals surface area contributed by atoms with E-state index in [0.29, 0.717) is 17.5 Å². The Morgan fingerprint density at radius 2 is 1.18 bits per heavy atom. The van der Waals surface area contributed by atoms with Crippen LogP contribution in [-0.4, -0.2) is 44.1 Å². The van der Waals surface area contributed by atoms with Gasteiger partial charge in [-0.3, -0.25) is 30.7 Å². The second-order valence-corrected chi connectivity index (χ2v) is 11.6. The molecule has 2 fully saturated rings. The number of hydrogen-bond donors (Lipinski definition) is 6. The molecule has 4 aromatic rings. The number of amides is 3. The number of alkyl halides is 2. The number of carbonyl (C=O) groups is 3. The normalized spacial score (nSPS) is 14.8. The lowest BCUT2D eigenvalue weighted by Gasteiger charge is -2.15. The maximum absolute atomic E-state index is 12.0. The average molecular weight is 659 g/mol. The van der Waals surface area contributed by atoms with E-state index in [0.717, 1.165) is 25.7 Å². The molecule has 4 aromatic heterocycles. The van der Waals surface area contributed by atoms with Gasteiger partial charge in [-0.05, 0) is 48.6 Å². The van der Waals surface area contributed by atoms with Crippen molar-refractivity contribution < 1.29 is 23.2 Å². The maximum atomic E-state index is 12.0. The van der Waals surface area contributed by atoms with E-state index in [1.165, 1.54) is 34.5 Å². The van der Waals surface area contributed by atoms with E-state index < -0.39 is 24.1 Å². The van der Waals surface area contributed by atoms with Crippen molar-refractivity contribution in [3.8, 4) is 0 Å². The minimum absolute atomic E-state index is 0.0220. The molecule has 6 rings (SSSR count). The van der Waals surface area contributed by atoms with Gasteiger partial charge in [0.15, 0.2) is 0 Å². The molecule has 0 aliphatic heterocycles. The van der Waals surface area contributed by atoms with E-state index in [1.807, 2.05) is 48.3 Å². The summed E-state index contributed by atoms with van der Waals surface area (Å²) in [6.07, 6.45) is 6.30. The summed E-state index contributed by atoms with van der Waals surface area (Å²) in [4.78, 5) is 52.6. The predicted octanol–water partition coefficient (Wildman–Crippen LogP) is 3.93. The lowest BCUT2D eigenvalue weighted by Crippen LogP contribution is -2.44. The minimum Gasteiger partial charge on any atom is -0.344 e. The number of hydrogen-bond acceptors (Lipinski definition) is 12. The van der Waals surface area contributed by atoms with Gasteiger partial charge < -0.3 is 10.6 Å². The molecule has 2 aliphatic carbocycles. The number of aromatic nitrogens is 4. The van der Waals surface area contributed by atoms with Crippen LogP contribution in [0, 0.1) is 0 Å². The molecule has 238 valence electrons. The van der Waals surface area contributed by atoms with Crippen molar-refractivity contribution in [3.05, 3.63) is 80.7 Å². The molecule has 17 heteroatoms. The van der Waals surface area contributed by atoms with Gasteiger partial charge in [-0.25, -0.2) is 25.8 Å². The third-order valence-electron chi connectivity index (χ3n) is 6.64. The van der Waals surface area contributed by atoms with E-state index in [2.05, 4.69) is 42.0 Å². The van der Waals surface area contributed by atoms with Crippen LogP contribution < -0.4 is 32.8 Å². The predicted molar refractivity (Wildman–Crippen MR) is 166 cm³/mol. The maximum Gasteiger partial charge on any atom is 0.317 e. The second kappa shape index (κ2) is 14.9. The van der Waals surface area contributed by atoms with Crippen molar-refractivity contribution in [2.45, 2.75) is 57.0 Å². The Balaban J connectivity index is 0.000000199. The van der Waals surface area contributed by atoms with E-state index in [4.69, 9.17) is 5.84 Å². The zero-order valence-electron chi connectivity index (χ0n) is 24.3. The number of anilines is 2. The number of nitrogens with one attached hydrogen (secondary N) is 5. The first kappa shape index (κ1) is 33.3. The van der Waals surface area contributed by atoms with Crippen LogP contribution >= 0.6 is 22.7 Å². The molecule has 0 spiro atoms. The van der Waals surface area contributed by atoms with Crippen molar-refractivity contribution in [2.75, 3.05) is 10.6 Å². The first-order valence-corrected chi connectivity index (χ1v) is 15.7. The van der Waals surface area contributed by atoms with Crippen LogP contribution in [0.5, 0.6) is 0 Å². The van der Waals surface area contributed by atoms with Gasteiger partial charge in [0.25, 0.3) is 11.8 Å². The Bertz CT molecular complexity index is 1550. The summed E-state index contributed by atoms with van der Waals surface area (Å²) in [6, 6.07) is 8.17. The number of thiophene rings is 2. The van der Waals surface area contributed by atoms with Crippen LogP contribution in [0.4, 0.5) is 20.7 Å². The zero-order chi connectivity index (χ0) is 32.5. The highest BCUT2D eigenvalue weighted by molar-refractivity contribution is 7.10. The largest absolute Gasteiger partial charge is 0.344 e. The fourth-order valence-corrected chi connectivity index (χ4v) is 5.88. The Morgan fingerprint density at radius 3 is 1.51 bits per heavy atom. The van der Waals surface area contributed by atoms with Crippen molar-refractivity contribution in [2.24, 2.45) is 5.84 Å². The molecular formula is C28H32F2N10O3S2. The van der Waals surface area contributed by atoms with E-state index in [9.17, 15) is 23.2 Å². The van der Waals surface area contributed by atoms with E-state index in [-0.39, 0.29) is 16.6 Å². The molecular weight excluding hydrogens is 627 g/mol. The quantitative estimate of drug-likeness (QED) is 0.0873. The van der Waals surface area contributed by atoms with E-state index >= 15 is 0 Å². The average Bonchev–Trinajstić information content (AvgIpc) is 3.84. The molecule has 3 amide bonds. The van der Waals surface area contributed by atoms with Gasteiger partial charge in [0.2, 0.25) is 11.9 Å². The summed E-state index contributed by atoms with van der Waals surface area (Å²) in [5, 5.41) is 10.7. The number of nitrogen functional groups attached to an aromatic ring is 1. The van der Waals surface area contributed by atoms with Crippen LogP contribution in [0.2, 0.25) is 0 Å². The van der Waals surface area contributed by atoms with Crippen molar-refractivity contribution >= 4 is 52.3 Å². The van der Waals surface area contributed by atoms with Gasteiger partial charge in [-0.2, -0.15) is 8.78 Å². The topological polar surface area (TPSA) is 189 Å². The summed E-state index contributed by atoms with van der Waals surface area (Å²) >= 11 is 3.37. The fourth-order valence-electron chi connectivity index (χ4n) is 3.99. The number of rotatable bonds is 9. The summed E-state index contributed by atoms with van der Waals surface area (Å²) in [5.74, 6) is 3.18.